The third kappa shape index (κ3) is 7.49. The van der Waals surface area contributed by atoms with Gasteiger partial charge in [0.15, 0.2) is 5.15 Å². The molecule has 3 heterocycles. The Morgan fingerprint density at radius 2 is 1.83 bits per heavy atom. The highest BCUT2D eigenvalue weighted by atomic mass is 35.5. The Morgan fingerprint density at radius 1 is 1.09 bits per heavy atom. The van der Waals surface area contributed by atoms with Crippen LogP contribution in [0.1, 0.15) is 45.4 Å². The van der Waals surface area contributed by atoms with Gasteiger partial charge in [-0.05, 0) is 63.5 Å². The first-order chi connectivity index (χ1) is 17.0. The van der Waals surface area contributed by atoms with Crippen LogP contribution in [0.25, 0.3) is 11.1 Å². The van der Waals surface area contributed by atoms with E-state index in [-0.39, 0.29) is 5.82 Å². The maximum Gasteiger partial charge on any atom is 0.152 e. The van der Waals surface area contributed by atoms with Gasteiger partial charge in [-0.1, -0.05) is 11.6 Å². The first-order valence-corrected chi connectivity index (χ1v) is 13.0. The lowest BCUT2D eigenvalue weighted by Crippen LogP contribution is -2.42. The zero-order valence-corrected chi connectivity index (χ0v) is 21.4. The van der Waals surface area contributed by atoms with Crippen molar-refractivity contribution >= 4 is 23.1 Å². The van der Waals surface area contributed by atoms with E-state index in [0.717, 1.165) is 64.0 Å². The van der Waals surface area contributed by atoms with E-state index in [2.05, 4.69) is 32.8 Å². The Hall–Kier alpha value is -2.00. The number of methoxy groups -OCH3 is 1. The van der Waals surface area contributed by atoms with Crippen LogP contribution < -0.4 is 16.0 Å². The minimum atomic E-state index is -0.380. The first-order valence-electron chi connectivity index (χ1n) is 12.7. The van der Waals surface area contributed by atoms with E-state index < -0.39 is 0 Å². The van der Waals surface area contributed by atoms with Crippen molar-refractivity contribution in [3.05, 3.63) is 35.5 Å². The average Bonchev–Trinajstić information content (AvgIpc) is 2.87. The number of nitrogens with one attached hydrogen (secondary N) is 3. The first kappa shape index (κ1) is 26.1. The molecule has 0 unspecified atom stereocenters. The number of aromatic nitrogens is 2. The van der Waals surface area contributed by atoms with Gasteiger partial charge in [-0.3, -0.25) is 0 Å². The largest absolute Gasteiger partial charge is 0.383 e. The lowest BCUT2D eigenvalue weighted by atomic mass is 9.90. The molecule has 0 amide bonds. The molecule has 0 aromatic carbocycles. The predicted octanol–water partition coefficient (Wildman–Crippen LogP) is 5.12. The van der Waals surface area contributed by atoms with E-state index in [0.29, 0.717) is 52.7 Å². The van der Waals surface area contributed by atoms with Crippen LogP contribution in [0, 0.1) is 11.7 Å². The van der Waals surface area contributed by atoms with Crippen molar-refractivity contribution in [2.75, 3.05) is 44.1 Å². The third-order valence-electron chi connectivity index (χ3n) is 6.94. The molecule has 2 aromatic heterocycles. The smallest absolute Gasteiger partial charge is 0.152 e. The molecule has 1 saturated heterocycles. The van der Waals surface area contributed by atoms with E-state index in [4.69, 9.17) is 21.1 Å². The van der Waals surface area contributed by atoms with E-state index in [1.165, 1.54) is 6.20 Å². The zero-order valence-electron chi connectivity index (χ0n) is 20.7. The monoisotopic (exact) mass is 505 g/mol. The lowest BCUT2D eigenvalue weighted by molar-refractivity contribution is 0.0699. The molecule has 2 aliphatic rings. The Morgan fingerprint density at radius 3 is 2.57 bits per heavy atom. The van der Waals surface area contributed by atoms with Crippen LogP contribution in [0.5, 0.6) is 0 Å². The summed E-state index contributed by atoms with van der Waals surface area (Å²) >= 11 is 6.33. The van der Waals surface area contributed by atoms with Crippen LogP contribution in [0.3, 0.4) is 0 Å². The van der Waals surface area contributed by atoms with Crippen molar-refractivity contribution in [2.45, 2.75) is 63.6 Å². The van der Waals surface area contributed by atoms with Crippen LogP contribution >= 0.6 is 11.6 Å². The maximum atomic E-state index is 14.8. The van der Waals surface area contributed by atoms with Crippen molar-refractivity contribution in [1.82, 2.24) is 15.3 Å². The summed E-state index contributed by atoms with van der Waals surface area (Å²) in [6.07, 6.45) is 9.18. The van der Waals surface area contributed by atoms with E-state index in [9.17, 15) is 4.39 Å². The molecule has 2 fully saturated rings. The molecular formula is C26H37ClFN5O2. The molecule has 9 heteroatoms. The van der Waals surface area contributed by atoms with Crippen molar-refractivity contribution in [2.24, 2.45) is 5.92 Å². The Balaban J connectivity index is 1.37. The van der Waals surface area contributed by atoms with Crippen LogP contribution in [-0.4, -0.2) is 61.6 Å². The SMILES string of the molecule is COC[C@@H](C)NC1CCC(Nc2cc(-c3cnc(Cl)c(NCC4CCOCC4)c3)c(F)cn2)CC1. The molecule has 0 radical (unpaired) electrons. The fraction of sp³-hybridized carbons (Fsp3) is 0.615. The van der Waals surface area contributed by atoms with Gasteiger partial charge in [-0.15, -0.1) is 0 Å². The number of hydrogen-bond acceptors (Lipinski definition) is 7. The third-order valence-corrected chi connectivity index (χ3v) is 7.24. The van der Waals surface area contributed by atoms with E-state index in [1.807, 2.05) is 6.07 Å². The van der Waals surface area contributed by atoms with Gasteiger partial charge >= 0.3 is 0 Å². The predicted molar refractivity (Wildman–Crippen MR) is 139 cm³/mol. The molecule has 7 nitrogen and oxygen atoms in total. The van der Waals surface area contributed by atoms with Gasteiger partial charge in [0.05, 0.1) is 18.5 Å². The summed E-state index contributed by atoms with van der Waals surface area (Å²) in [7, 11) is 1.73. The Labute approximate surface area is 212 Å². The lowest BCUT2D eigenvalue weighted by Gasteiger charge is -2.31. The van der Waals surface area contributed by atoms with Gasteiger partial charge in [0, 0.05) is 62.3 Å². The van der Waals surface area contributed by atoms with Crippen molar-refractivity contribution < 1.29 is 13.9 Å². The normalized spacial score (nSPS) is 22.1. The summed E-state index contributed by atoms with van der Waals surface area (Å²) in [6.45, 7) is 5.24. The second kappa shape index (κ2) is 12.8. The Bertz CT molecular complexity index is 951. The quantitative estimate of drug-likeness (QED) is 0.386. The van der Waals surface area contributed by atoms with Crippen LogP contribution in [0.2, 0.25) is 5.15 Å². The molecule has 3 N–H and O–H groups in total. The van der Waals surface area contributed by atoms with Gasteiger partial charge < -0.3 is 25.4 Å². The van der Waals surface area contributed by atoms with Gasteiger partial charge in [-0.25, -0.2) is 14.4 Å². The summed E-state index contributed by atoms with van der Waals surface area (Å²) in [5, 5.41) is 10.9. The van der Waals surface area contributed by atoms with Crippen molar-refractivity contribution in [1.29, 1.82) is 0 Å². The molecule has 1 aliphatic carbocycles. The van der Waals surface area contributed by atoms with Crippen molar-refractivity contribution in [3.8, 4) is 11.1 Å². The highest BCUT2D eigenvalue weighted by molar-refractivity contribution is 6.32. The van der Waals surface area contributed by atoms with Gasteiger partial charge in [-0.2, -0.15) is 0 Å². The van der Waals surface area contributed by atoms with Crippen LogP contribution in [0.15, 0.2) is 24.5 Å². The van der Waals surface area contributed by atoms with Gasteiger partial charge in [0.1, 0.15) is 11.6 Å². The summed E-state index contributed by atoms with van der Waals surface area (Å²) in [4.78, 5) is 8.60. The molecule has 192 valence electrons. The molecule has 1 aliphatic heterocycles. The number of nitrogens with zero attached hydrogens (tertiary/aromatic N) is 2. The Kier molecular flexibility index (Phi) is 9.54. The molecule has 0 bridgehead atoms. The van der Waals surface area contributed by atoms with Gasteiger partial charge in [0.25, 0.3) is 0 Å². The molecule has 1 atom stereocenters. The van der Waals surface area contributed by atoms with Crippen LogP contribution in [-0.2, 0) is 9.47 Å². The van der Waals surface area contributed by atoms with E-state index in [1.54, 1.807) is 19.4 Å². The van der Waals surface area contributed by atoms with Gasteiger partial charge in [0.2, 0.25) is 0 Å². The number of pyridine rings is 2. The number of rotatable bonds is 10. The zero-order chi connectivity index (χ0) is 24.6. The molecule has 2 aromatic rings. The highest BCUT2D eigenvalue weighted by Crippen LogP contribution is 2.31. The summed E-state index contributed by atoms with van der Waals surface area (Å²) in [5.41, 5.74) is 1.85. The fourth-order valence-corrected chi connectivity index (χ4v) is 5.15. The number of hydrogen-bond donors (Lipinski definition) is 3. The number of ether oxygens (including phenoxy) is 2. The molecule has 0 spiro atoms. The second-order valence-electron chi connectivity index (χ2n) is 9.76. The second-order valence-corrected chi connectivity index (χ2v) is 10.1. The van der Waals surface area contributed by atoms with Crippen molar-refractivity contribution in [3.63, 3.8) is 0 Å². The minimum Gasteiger partial charge on any atom is -0.383 e. The molecule has 35 heavy (non-hydrogen) atoms. The van der Waals surface area contributed by atoms with E-state index >= 15 is 0 Å². The summed E-state index contributed by atoms with van der Waals surface area (Å²) in [5.74, 6) is 0.831. The summed E-state index contributed by atoms with van der Waals surface area (Å²) < 4.78 is 25.4. The van der Waals surface area contributed by atoms with Crippen LogP contribution in [0.4, 0.5) is 15.9 Å². The number of anilines is 2. The summed E-state index contributed by atoms with van der Waals surface area (Å²) in [6, 6.07) is 4.81. The molecule has 4 rings (SSSR count). The fourth-order valence-electron chi connectivity index (χ4n) is 4.98. The highest BCUT2D eigenvalue weighted by Gasteiger charge is 2.23. The molecular weight excluding hydrogens is 469 g/mol. The maximum absolute atomic E-state index is 14.8. The minimum absolute atomic E-state index is 0.316. The topological polar surface area (TPSA) is 80.3 Å². The molecule has 1 saturated carbocycles. The standard InChI is InChI=1S/C26H37ClFN5O2/c1-17(16-34-2)32-20-3-5-21(6-4-20)33-25-12-22(23(28)15-30-25)19-11-24(26(27)31-14-19)29-13-18-7-9-35-10-8-18/h11-12,14-15,17-18,20-21,29,32H,3-10,13,16H2,1-2H3,(H,30,33)/t17-,20?,21?/m1/s1. The average molecular weight is 506 g/mol. The number of halogens is 2.